The minimum absolute atomic E-state index is 0.0752. The number of carbonyl (C=O) groups is 3. The van der Waals surface area contributed by atoms with E-state index in [1.807, 2.05) is 26.0 Å². The van der Waals surface area contributed by atoms with Crippen molar-refractivity contribution in [2.24, 2.45) is 39.4 Å². The van der Waals surface area contributed by atoms with Gasteiger partial charge < -0.3 is 9.47 Å². The number of ether oxygens (including phenoxy) is 2. The van der Waals surface area contributed by atoms with E-state index in [4.69, 9.17) is 9.47 Å². The van der Waals surface area contributed by atoms with E-state index in [1.165, 1.54) is 5.57 Å². The maximum Gasteiger partial charge on any atom is 0.336 e. The van der Waals surface area contributed by atoms with Crippen LogP contribution in [0.4, 0.5) is 0 Å². The van der Waals surface area contributed by atoms with E-state index < -0.39 is 16.6 Å². The third kappa shape index (κ3) is 2.66. The van der Waals surface area contributed by atoms with Gasteiger partial charge in [-0.25, -0.2) is 4.79 Å². The Morgan fingerprint density at radius 2 is 1.74 bits per heavy atom. The quantitative estimate of drug-likeness (QED) is 0.430. The average Bonchev–Trinajstić information content (AvgIpc) is 3.13. The molecule has 8 atom stereocenters. The lowest BCUT2D eigenvalue weighted by atomic mass is 9.44. The van der Waals surface area contributed by atoms with Crippen molar-refractivity contribution < 1.29 is 23.9 Å². The first kappa shape index (κ1) is 23.4. The molecule has 5 heteroatoms. The molecule has 2 aliphatic heterocycles. The summed E-state index contributed by atoms with van der Waals surface area (Å²) < 4.78 is 12.4. The van der Waals surface area contributed by atoms with Crippen LogP contribution in [0.15, 0.2) is 34.9 Å². The van der Waals surface area contributed by atoms with Gasteiger partial charge in [0.1, 0.15) is 0 Å². The predicted molar refractivity (Wildman–Crippen MR) is 131 cm³/mol. The van der Waals surface area contributed by atoms with Gasteiger partial charge in [0.05, 0.1) is 6.10 Å². The molecule has 1 spiro atoms. The van der Waals surface area contributed by atoms with Crippen molar-refractivity contribution in [2.75, 3.05) is 0 Å². The number of rotatable bonds is 0. The van der Waals surface area contributed by atoms with Crippen LogP contribution in [0.1, 0.15) is 80.6 Å². The van der Waals surface area contributed by atoms with Crippen LogP contribution >= 0.6 is 0 Å². The van der Waals surface area contributed by atoms with Crippen molar-refractivity contribution in [3.63, 3.8) is 0 Å². The standard InChI is InChI=1S/C30H38O5/c1-16-12-30(13-17(2)25(33)35-30)34-20-15-28(6)18-8-9-21-26(3,4)22(32)10-11-27(21,5)24(18)19(31)14-29(28,7)23(16)20/h10-11,13,16,20-21,23H,8-9,12,14-15H2,1-7H3/t16-,20+,21+,23+,27+,28+,29-,30-/m1/s1. The molecule has 0 aromatic carbocycles. The highest BCUT2D eigenvalue weighted by Gasteiger charge is 2.70. The van der Waals surface area contributed by atoms with Gasteiger partial charge in [0, 0.05) is 34.8 Å². The highest BCUT2D eigenvalue weighted by atomic mass is 16.7. The molecule has 0 amide bonds. The van der Waals surface area contributed by atoms with Crippen molar-refractivity contribution in [1.29, 1.82) is 0 Å². The molecule has 2 heterocycles. The Bertz CT molecular complexity index is 1170. The largest absolute Gasteiger partial charge is 0.426 e. The maximum atomic E-state index is 14.1. The Morgan fingerprint density at radius 3 is 2.40 bits per heavy atom. The van der Waals surface area contributed by atoms with Crippen LogP contribution in [0.3, 0.4) is 0 Å². The number of hydrogen-bond acceptors (Lipinski definition) is 5. The normalized spacial score (nSPS) is 49.9. The second-order valence-corrected chi connectivity index (χ2v) is 13.6. The van der Waals surface area contributed by atoms with Gasteiger partial charge in [-0.2, -0.15) is 0 Å². The summed E-state index contributed by atoms with van der Waals surface area (Å²) in [7, 11) is 0. The molecule has 6 rings (SSSR count). The van der Waals surface area contributed by atoms with Crippen LogP contribution in [0.5, 0.6) is 0 Å². The summed E-state index contributed by atoms with van der Waals surface area (Å²) in [5, 5.41) is 0. The lowest BCUT2D eigenvalue weighted by Crippen LogP contribution is -2.55. The monoisotopic (exact) mass is 478 g/mol. The van der Waals surface area contributed by atoms with Gasteiger partial charge in [0.25, 0.3) is 0 Å². The lowest BCUT2D eigenvalue weighted by Gasteiger charge is -2.58. The maximum absolute atomic E-state index is 14.1. The number of allylic oxidation sites excluding steroid dienone is 4. The topological polar surface area (TPSA) is 69.7 Å². The fourth-order valence-electron chi connectivity index (χ4n) is 9.73. The molecule has 0 unspecified atom stereocenters. The molecule has 1 saturated carbocycles. The summed E-state index contributed by atoms with van der Waals surface area (Å²) >= 11 is 0. The Labute approximate surface area is 208 Å². The van der Waals surface area contributed by atoms with Crippen LogP contribution < -0.4 is 0 Å². The minimum atomic E-state index is -0.969. The summed E-state index contributed by atoms with van der Waals surface area (Å²) in [5.74, 6) is -0.260. The van der Waals surface area contributed by atoms with Crippen molar-refractivity contribution in [2.45, 2.75) is 92.5 Å². The molecule has 0 aromatic heterocycles. The second kappa shape index (κ2) is 6.65. The molecule has 2 fully saturated rings. The van der Waals surface area contributed by atoms with Crippen LogP contribution in [0.25, 0.3) is 0 Å². The summed E-state index contributed by atoms with van der Waals surface area (Å²) in [4.78, 5) is 39.1. The first-order chi connectivity index (χ1) is 16.2. The number of hydrogen-bond donors (Lipinski definition) is 0. The zero-order valence-corrected chi connectivity index (χ0v) is 22.1. The van der Waals surface area contributed by atoms with Gasteiger partial charge in [0.2, 0.25) is 5.79 Å². The summed E-state index contributed by atoms with van der Waals surface area (Å²) in [6.45, 7) is 14.9. The summed E-state index contributed by atoms with van der Waals surface area (Å²) in [6.07, 6.45) is 9.26. The highest BCUT2D eigenvalue weighted by molar-refractivity contribution is 6.02. The fourth-order valence-corrected chi connectivity index (χ4v) is 9.73. The second-order valence-electron chi connectivity index (χ2n) is 13.6. The lowest BCUT2D eigenvalue weighted by molar-refractivity contribution is -0.257. The number of Topliss-reactive ketones (excluding diaryl/α,β-unsaturated/α-hetero) is 1. The third-order valence-corrected chi connectivity index (χ3v) is 11.4. The Hall–Kier alpha value is -2.01. The first-order valence-corrected chi connectivity index (χ1v) is 13.3. The molecular formula is C30H38O5. The molecule has 6 aliphatic rings. The fraction of sp³-hybridized carbons (Fsp3) is 0.700. The van der Waals surface area contributed by atoms with E-state index >= 15 is 0 Å². The van der Waals surface area contributed by atoms with Crippen LogP contribution in [-0.4, -0.2) is 29.4 Å². The van der Waals surface area contributed by atoms with E-state index in [9.17, 15) is 14.4 Å². The van der Waals surface area contributed by atoms with Crippen LogP contribution in [0.2, 0.25) is 0 Å². The SMILES string of the molecule is CC1=C[C@@]2(C[C@@H](C)[C@H]3[C@H](C[C@@]4(C)C5=C(C(=O)C[C@]34C)[C@@]3(C)C=CC(=O)C(C)(C)[C@@H]3CC5)O2)OC1=O. The predicted octanol–water partition coefficient (Wildman–Crippen LogP) is 5.49. The smallest absolute Gasteiger partial charge is 0.336 e. The van der Waals surface area contributed by atoms with Crippen molar-refractivity contribution in [1.82, 2.24) is 0 Å². The first-order valence-electron chi connectivity index (χ1n) is 13.3. The zero-order valence-electron chi connectivity index (χ0n) is 22.1. The van der Waals surface area contributed by atoms with Crippen molar-refractivity contribution >= 4 is 17.5 Å². The molecule has 1 saturated heterocycles. The summed E-state index contributed by atoms with van der Waals surface area (Å²) in [6, 6.07) is 0. The van der Waals surface area contributed by atoms with Crippen molar-refractivity contribution in [3.8, 4) is 0 Å². The molecule has 5 nitrogen and oxygen atoms in total. The minimum Gasteiger partial charge on any atom is -0.426 e. The number of carbonyl (C=O) groups excluding carboxylic acids is 3. The third-order valence-electron chi connectivity index (χ3n) is 11.4. The highest BCUT2D eigenvalue weighted by Crippen LogP contribution is 2.72. The van der Waals surface area contributed by atoms with Gasteiger partial charge >= 0.3 is 5.97 Å². The Morgan fingerprint density at radius 1 is 1.03 bits per heavy atom. The number of esters is 1. The Balaban J connectivity index is 1.46. The van der Waals surface area contributed by atoms with Gasteiger partial charge in [-0.1, -0.05) is 53.2 Å². The molecular weight excluding hydrogens is 440 g/mol. The molecule has 188 valence electrons. The van der Waals surface area contributed by atoms with Crippen molar-refractivity contribution in [3.05, 3.63) is 34.9 Å². The average molecular weight is 479 g/mol. The molecule has 0 radical (unpaired) electrons. The zero-order chi connectivity index (χ0) is 25.3. The van der Waals surface area contributed by atoms with E-state index in [-0.39, 0.29) is 52.2 Å². The summed E-state index contributed by atoms with van der Waals surface area (Å²) in [5.41, 5.74) is 1.57. The number of fused-ring (bicyclic) bond motifs is 6. The van der Waals surface area contributed by atoms with Gasteiger partial charge in [-0.3, -0.25) is 9.59 Å². The molecule has 4 aliphatic carbocycles. The van der Waals surface area contributed by atoms with E-state index in [1.54, 1.807) is 13.0 Å². The Kier molecular flexibility index (Phi) is 4.44. The molecule has 0 bridgehead atoms. The molecule has 0 aromatic rings. The van der Waals surface area contributed by atoms with Gasteiger partial charge in [-0.05, 0) is 66.9 Å². The molecule has 0 N–H and O–H groups in total. The van der Waals surface area contributed by atoms with Crippen LogP contribution in [-0.2, 0) is 23.9 Å². The van der Waals surface area contributed by atoms with E-state index in [0.29, 0.717) is 18.4 Å². The van der Waals surface area contributed by atoms with Gasteiger partial charge in [-0.15, -0.1) is 0 Å². The van der Waals surface area contributed by atoms with Crippen LogP contribution in [0, 0.1) is 39.4 Å². The van der Waals surface area contributed by atoms with E-state index in [0.717, 1.165) is 24.8 Å². The molecule has 35 heavy (non-hydrogen) atoms. The van der Waals surface area contributed by atoms with Gasteiger partial charge in [0.15, 0.2) is 11.6 Å². The number of ketones is 2. The van der Waals surface area contributed by atoms with E-state index in [2.05, 4.69) is 27.7 Å².